The Morgan fingerprint density at radius 2 is 1.81 bits per heavy atom. The van der Waals surface area contributed by atoms with Crippen molar-refractivity contribution in [3.05, 3.63) is 35.4 Å². The minimum atomic E-state index is -0.762. The minimum absolute atomic E-state index is 0.312. The molecule has 0 spiro atoms. The Hall–Kier alpha value is -0.920. The molecule has 16 heavy (non-hydrogen) atoms. The molecule has 1 unspecified atom stereocenters. The smallest absolute Gasteiger partial charge is 0.159 e. The van der Waals surface area contributed by atoms with Crippen LogP contribution in [0.2, 0.25) is 0 Å². The summed E-state index contributed by atoms with van der Waals surface area (Å²) in [5.74, 6) is -1.19. The van der Waals surface area contributed by atoms with Crippen LogP contribution in [0.4, 0.5) is 8.78 Å². The highest BCUT2D eigenvalue weighted by Crippen LogP contribution is 2.23. The van der Waals surface area contributed by atoms with Gasteiger partial charge in [0, 0.05) is 0 Å². The predicted molar refractivity (Wildman–Crippen MR) is 63.5 cm³/mol. The van der Waals surface area contributed by atoms with Crippen LogP contribution in [0.15, 0.2) is 18.2 Å². The maximum Gasteiger partial charge on any atom is 0.159 e. The molecule has 0 heterocycles. The summed E-state index contributed by atoms with van der Waals surface area (Å²) in [4.78, 5) is 0. The molecule has 0 amide bonds. The summed E-state index contributed by atoms with van der Waals surface area (Å²) in [5, 5.41) is 0. The normalized spacial score (nSPS) is 12.8. The minimum Gasteiger partial charge on any atom is -0.204 e. The van der Waals surface area contributed by atoms with E-state index >= 15 is 0 Å². The molecule has 0 aliphatic carbocycles. The van der Waals surface area contributed by atoms with E-state index in [2.05, 4.69) is 13.8 Å². The van der Waals surface area contributed by atoms with Crippen LogP contribution in [0.1, 0.15) is 57.4 Å². The van der Waals surface area contributed by atoms with Gasteiger partial charge in [0.1, 0.15) is 0 Å². The van der Waals surface area contributed by atoms with E-state index in [0.717, 1.165) is 18.4 Å². The number of benzene rings is 1. The third-order valence-corrected chi connectivity index (χ3v) is 3.00. The van der Waals surface area contributed by atoms with Crippen LogP contribution in [-0.2, 0) is 0 Å². The zero-order valence-electron chi connectivity index (χ0n) is 10.1. The summed E-state index contributed by atoms with van der Waals surface area (Å²) < 4.78 is 25.7. The van der Waals surface area contributed by atoms with Gasteiger partial charge in [-0.2, -0.15) is 0 Å². The topological polar surface area (TPSA) is 0 Å². The van der Waals surface area contributed by atoms with Crippen molar-refractivity contribution >= 4 is 0 Å². The van der Waals surface area contributed by atoms with Crippen molar-refractivity contribution < 1.29 is 8.78 Å². The van der Waals surface area contributed by atoms with Gasteiger partial charge in [-0.05, 0) is 30.0 Å². The number of hydrogen-bond donors (Lipinski definition) is 0. The monoisotopic (exact) mass is 226 g/mol. The van der Waals surface area contributed by atoms with E-state index in [0.29, 0.717) is 5.92 Å². The molecule has 0 radical (unpaired) electrons. The lowest BCUT2D eigenvalue weighted by atomic mass is 9.95. The Labute approximate surface area is 96.7 Å². The zero-order chi connectivity index (χ0) is 12.0. The molecule has 0 bridgehead atoms. The third-order valence-electron chi connectivity index (χ3n) is 3.00. The van der Waals surface area contributed by atoms with Crippen LogP contribution >= 0.6 is 0 Å². The van der Waals surface area contributed by atoms with Crippen molar-refractivity contribution in [1.82, 2.24) is 0 Å². The van der Waals surface area contributed by atoms with E-state index in [1.54, 1.807) is 6.07 Å². The fourth-order valence-electron chi connectivity index (χ4n) is 1.86. The SMILES string of the molecule is CCCCCCC(C)c1ccc(F)c(F)c1. The highest BCUT2D eigenvalue weighted by atomic mass is 19.2. The second-order valence-electron chi connectivity index (χ2n) is 4.42. The molecule has 0 aromatic heterocycles. The maximum atomic E-state index is 13.0. The van der Waals surface area contributed by atoms with Crippen LogP contribution in [0.3, 0.4) is 0 Å². The summed E-state index contributed by atoms with van der Waals surface area (Å²) in [7, 11) is 0. The van der Waals surface area contributed by atoms with Gasteiger partial charge in [0.25, 0.3) is 0 Å². The van der Waals surface area contributed by atoms with Gasteiger partial charge in [0.05, 0.1) is 0 Å². The number of hydrogen-bond acceptors (Lipinski definition) is 0. The maximum absolute atomic E-state index is 13.0. The largest absolute Gasteiger partial charge is 0.204 e. The predicted octanol–water partition coefficient (Wildman–Crippen LogP) is 5.04. The Balaban J connectivity index is 2.46. The fourth-order valence-corrected chi connectivity index (χ4v) is 1.86. The van der Waals surface area contributed by atoms with E-state index < -0.39 is 11.6 Å². The molecular weight excluding hydrogens is 206 g/mol. The summed E-state index contributed by atoms with van der Waals surface area (Å²) in [6.07, 6.45) is 5.91. The van der Waals surface area contributed by atoms with Crippen molar-refractivity contribution in [2.75, 3.05) is 0 Å². The molecule has 1 rings (SSSR count). The summed E-state index contributed by atoms with van der Waals surface area (Å²) in [6.45, 7) is 4.25. The van der Waals surface area contributed by atoms with Gasteiger partial charge in [-0.15, -0.1) is 0 Å². The van der Waals surface area contributed by atoms with Crippen molar-refractivity contribution in [3.63, 3.8) is 0 Å². The van der Waals surface area contributed by atoms with E-state index in [1.807, 2.05) is 0 Å². The number of unbranched alkanes of at least 4 members (excludes halogenated alkanes) is 3. The van der Waals surface area contributed by atoms with Crippen molar-refractivity contribution in [1.29, 1.82) is 0 Å². The molecule has 2 heteroatoms. The molecule has 0 aliphatic rings. The Morgan fingerprint density at radius 3 is 2.44 bits per heavy atom. The van der Waals surface area contributed by atoms with Crippen molar-refractivity contribution in [2.24, 2.45) is 0 Å². The summed E-state index contributed by atoms with van der Waals surface area (Å²) in [5.41, 5.74) is 0.899. The van der Waals surface area contributed by atoms with Gasteiger partial charge in [-0.1, -0.05) is 45.6 Å². The molecule has 0 nitrogen and oxygen atoms in total. The first kappa shape index (κ1) is 13.1. The number of halogens is 2. The zero-order valence-corrected chi connectivity index (χ0v) is 10.1. The van der Waals surface area contributed by atoms with E-state index in [4.69, 9.17) is 0 Å². The summed E-state index contributed by atoms with van der Waals surface area (Å²) >= 11 is 0. The van der Waals surface area contributed by atoms with Crippen LogP contribution in [-0.4, -0.2) is 0 Å². The van der Waals surface area contributed by atoms with Gasteiger partial charge >= 0.3 is 0 Å². The molecule has 0 aliphatic heterocycles. The molecular formula is C14H20F2. The first-order valence-electron chi connectivity index (χ1n) is 6.10. The molecule has 1 aromatic carbocycles. The average molecular weight is 226 g/mol. The van der Waals surface area contributed by atoms with Crippen molar-refractivity contribution in [2.45, 2.75) is 51.9 Å². The molecule has 0 fully saturated rings. The van der Waals surface area contributed by atoms with Crippen LogP contribution in [0.5, 0.6) is 0 Å². The molecule has 1 atom stereocenters. The molecule has 0 saturated heterocycles. The lowest BCUT2D eigenvalue weighted by molar-refractivity contribution is 0.503. The standard InChI is InChI=1S/C14H20F2/c1-3-4-5-6-7-11(2)12-8-9-13(15)14(16)10-12/h8-11H,3-7H2,1-2H3. The Kier molecular flexibility index (Phi) is 5.44. The van der Waals surface area contributed by atoms with E-state index in [1.165, 1.54) is 31.4 Å². The quantitative estimate of drug-likeness (QED) is 0.596. The van der Waals surface area contributed by atoms with Gasteiger partial charge in [0.2, 0.25) is 0 Å². The highest BCUT2D eigenvalue weighted by molar-refractivity contribution is 5.21. The van der Waals surface area contributed by atoms with Crippen LogP contribution < -0.4 is 0 Å². The highest BCUT2D eigenvalue weighted by Gasteiger charge is 2.08. The van der Waals surface area contributed by atoms with Crippen molar-refractivity contribution in [3.8, 4) is 0 Å². The van der Waals surface area contributed by atoms with Gasteiger partial charge in [-0.3, -0.25) is 0 Å². The Bertz CT molecular complexity index is 321. The first-order chi connectivity index (χ1) is 7.65. The molecule has 0 saturated carbocycles. The van der Waals surface area contributed by atoms with Crippen LogP contribution in [0, 0.1) is 11.6 Å². The Morgan fingerprint density at radius 1 is 1.06 bits per heavy atom. The molecule has 1 aromatic rings. The molecule has 0 N–H and O–H groups in total. The summed E-state index contributed by atoms with van der Waals surface area (Å²) in [6, 6.07) is 4.22. The lowest BCUT2D eigenvalue weighted by Crippen LogP contribution is -1.96. The van der Waals surface area contributed by atoms with Gasteiger partial charge in [-0.25, -0.2) is 8.78 Å². The first-order valence-corrected chi connectivity index (χ1v) is 6.10. The fraction of sp³-hybridized carbons (Fsp3) is 0.571. The number of rotatable bonds is 6. The van der Waals surface area contributed by atoms with E-state index in [-0.39, 0.29) is 0 Å². The second-order valence-corrected chi connectivity index (χ2v) is 4.42. The van der Waals surface area contributed by atoms with Gasteiger partial charge < -0.3 is 0 Å². The lowest BCUT2D eigenvalue weighted by Gasteiger charge is -2.11. The third kappa shape index (κ3) is 3.92. The second kappa shape index (κ2) is 6.62. The van der Waals surface area contributed by atoms with E-state index in [9.17, 15) is 8.78 Å². The molecule has 90 valence electrons. The average Bonchev–Trinajstić information content (AvgIpc) is 2.28. The van der Waals surface area contributed by atoms with Crippen LogP contribution in [0.25, 0.3) is 0 Å². The van der Waals surface area contributed by atoms with Gasteiger partial charge in [0.15, 0.2) is 11.6 Å².